The molecule has 1 aromatic carbocycles. The molecule has 6 nitrogen and oxygen atoms in total. The van der Waals surface area contributed by atoms with Gasteiger partial charge in [0.1, 0.15) is 17.1 Å². The standard InChI is InChI=1S/C20H26FN3O3/c1-4-23(5-2)9-8-22-19(26)16-18(25)15-11-14(21)10-13-7-6-12(3)24(17(13)15)20(16)27/h10-12,25H,4-9H2,1-3H3,(H,22,26)/t12-/m1/s1. The molecule has 2 heterocycles. The summed E-state index contributed by atoms with van der Waals surface area (Å²) < 4.78 is 15.5. The minimum absolute atomic E-state index is 0.124. The number of benzene rings is 1. The van der Waals surface area contributed by atoms with Gasteiger partial charge in [-0.3, -0.25) is 9.59 Å². The molecule has 2 N–H and O–H groups in total. The molecule has 7 heteroatoms. The second kappa shape index (κ2) is 7.68. The van der Waals surface area contributed by atoms with Crippen LogP contribution in [-0.2, 0) is 6.42 Å². The largest absolute Gasteiger partial charge is 0.506 e. The maximum atomic E-state index is 14.0. The van der Waals surface area contributed by atoms with E-state index < -0.39 is 23.0 Å². The van der Waals surface area contributed by atoms with E-state index in [2.05, 4.69) is 10.2 Å². The highest BCUT2D eigenvalue weighted by molar-refractivity contribution is 6.03. The molecule has 0 fully saturated rings. The SMILES string of the molecule is CCN(CC)CCNC(=O)c1c(O)c2cc(F)cc3c2n(c1=O)[C@H](C)CC3. The van der Waals surface area contributed by atoms with Gasteiger partial charge in [0.15, 0.2) is 0 Å². The number of aromatic nitrogens is 1. The first-order valence-corrected chi connectivity index (χ1v) is 9.49. The van der Waals surface area contributed by atoms with Crippen molar-refractivity contribution in [2.75, 3.05) is 26.2 Å². The maximum absolute atomic E-state index is 14.0. The van der Waals surface area contributed by atoms with Gasteiger partial charge >= 0.3 is 0 Å². The van der Waals surface area contributed by atoms with Crippen molar-refractivity contribution in [2.45, 2.75) is 39.7 Å². The molecule has 1 aliphatic rings. The van der Waals surface area contributed by atoms with Gasteiger partial charge in [-0.25, -0.2) is 4.39 Å². The molecule has 2 aromatic rings. The predicted octanol–water partition coefficient (Wildman–Crippen LogP) is 2.43. The van der Waals surface area contributed by atoms with Gasteiger partial charge in [-0.2, -0.15) is 0 Å². The van der Waals surface area contributed by atoms with Crippen LogP contribution in [0.3, 0.4) is 0 Å². The Morgan fingerprint density at radius 2 is 2.07 bits per heavy atom. The number of pyridine rings is 1. The van der Waals surface area contributed by atoms with E-state index in [1.807, 2.05) is 20.8 Å². The van der Waals surface area contributed by atoms with E-state index in [0.29, 0.717) is 37.0 Å². The van der Waals surface area contributed by atoms with Crippen LogP contribution in [0.2, 0.25) is 0 Å². The van der Waals surface area contributed by atoms with E-state index in [9.17, 15) is 19.1 Å². The molecule has 1 aliphatic heterocycles. The first-order chi connectivity index (χ1) is 12.9. The van der Waals surface area contributed by atoms with Crippen LogP contribution in [-0.4, -0.2) is 46.7 Å². The summed E-state index contributed by atoms with van der Waals surface area (Å²) >= 11 is 0. The van der Waals surface area contributed by atoms with Gasteiger partial charge in [0.05, 0.1) is 5.52 Å². The third-order valence-electron chi connectivity index (χ3n) is 5.43. The summed E-state index contributed by atoms with van der Waals surface area (Å²) in [5, 5.41) is 13.6. The quantitative estimate of drug-likeness (QED) is 0.813. The molecule has 0 radical (unpaired) electrons. The Kier molecular flexibility index (Phi) is 5.51. The van der Waals surface area contributed by atoms with Gasteiger partial charge in [-0.1, -0.05) is 13.8 Å². The third kappa shape index (κ3) is 3.43. The van der Waals surface area contributed by atoms with Gasteiger partial charge in [0.25, 0.3) is 11.5 Å². The molecule has 146 valence electrons. The Balaban J connectivity index is 2.04. The molecular formula is C20H26FN3O3. The number of amides is 1. The monoisotopic (exact) mass is 375 g/mol. The normalized spacial score (nSPS) is 16.1. The van der Waals surface area contributed by atoms with Crippen LogP contribution < -0.4 is 10.9 Å². The van der Waals surface area contributed by atoms with Crippen molar-refractivity contribution < 1.29 is 14.3 Å². The fourth-order valence-electron chi connectivity index (χ4n) is 3.84. The zero-order chi connectivity index (χ0) is 19.7. The minimum atomic E-state index is -0.626. The summed E-state index contributed by atoms with van der Waals surface area (Å²) in [5.41, 5.74) is 0.370. The molecule has 0 aliphatic carbocycles. The average molecular weight is 375 g/mol. The Hall–Kier alpha value is -2.41. The Morgan fingerprint density at radius 3 is 2.74 bits per heavy atom. The lowest BCUT2D eigenvalue weighted by Crippen LogP contribution is -2.39. The maximum Gasteiger partial charge on any atom is 0.267 e. The summed E-state index contributed by atoms with van der Waals surface area (Å²) in [6.07, 6.45) is 1.31. The van der Waals surface area contributed by atoms with Gasteiger partial charge in [-0.05, 0) is 50.6 Å². The van der Waals surface area contributed by atoms with E-state index in [4.69, 9.17) is 0 Å². The number of likely N-dealkylation sites (N-methyl/N-ethyl adjacent to an activating group) is 1. The second-order valence-corrected chi connectivity index (χ2v) is 7.03. The van der Waals surface area contributed by atoms with Crippen LogP contribution in [0.15, 0.2) is 16.9 Å². The molecule has 1 aromatic heterocycles. The topological polar surface area (TPSA) is 74.6 Å². The summed E-state index contributed by atoms with van der Waals surface area (Å²) in [6, 6.07) is 2.46. The van der Waals surface area contributed by atoms with Gasteiger partial charge < -0.3 is 19.9 Å². The molecule has 0 unspecified atom stereocenters. The van der Waals surface area contributed by atoms with Crippen molar-refractivity contribution in [2.24, 2.45) is 0 Å². The lowest BCUT2D eigenvalue weighted by Gasteiger charge is -2.26. The first-order valence-electron chi connectivity index (χ1n) is 9.49. The molecule has 0 bridgehead atoms. The van der Waals surface area contributed by atoms with Crippen molar-refractivity contribution in [3.63, 3.8) is 0 Å². The fraction of sp³-hybridized carbons (Fsp3) is 0.500. The predicted molar refractivity (Wildman–Crippen MR) is 103 cm³/mol. The highest BCUT2D eigenvalue weighted by atomic mass is 19.1. The Morgan fingerprint density at radius 1 is 1.37 bits per heavy atom. The summed E-state index contributed by atoms with van der Waals surface area (Å²) in [6.45, 7) is 8.69. The van der Waals surface area contributed by atoms with E-state index in [1.54, 1.807) is 0 Å². The van der Waals surface area contributed by atoms with Crippen molar-refractivity contribution in [3.05, 3.63) is 39.4 Å². The smallest absolute Gasteiger partial charge is 0.267 e. The van der Waals surface area contributed by atoms with E-state index >= 15 is 0 Å². The van der Waals surface area contributed by atoms with Crippen molar-refractivity contribution in [3.8, 4) is 5.75 Å². The zero-order valence-electron chi connectivity index (χ0n) is 16.0. The lowest BCUT2D eigenvalue weighted by atomic mass is 9.95. The summed E-state index contributed by atoms with van der Waals surface area (Å²) in [5.74, 6) is -1.55. The molecule has 1 atom stereocenters. The van der Waals surface area contributed by atoms with Crippen LogP contribution in [0.1, 0.15) is 49.2 Å². The fourth-order valence-corrected chi connectivity index (χ4v) is 3.84. The van der Waals surface area contributed by atoms with Crippen molar-refractivity contribution in [1.29, 1.82) is 0 Å². The van der Waals surface area contributed by atoms with Gasteiger partial charge in [0, 0.05) is 24.5 Å². The van der Waals surface area contributed by atoms with Crippen molar-refractivity contribution >= 4 is 16.8 Å². The lowest BCUT2D eigenvalue weighted by molar-refractivity contribution is 0.0944. The molecule has 1 amide bonds. The van der Waals surface area contributed by atoms with Gasteiger partial charge in [0.2, 0.25) is 0 Å². The number of carbonyl (C=O) groups excluding carboxylic acids is 1. The van der Waals surface area contributed by atoms with Gasteiger partial charge in [-0.15, -0.1) is 0 Å². The number of halogens is 1. The van der Waals surface area contributed by atoms with Crippen molar-refractivity contribution in [1.82, 2.24) is 14.8 Å². The molecule has 0 saturated heterocycles. The summed E-state index contributed by atoms with van der Waals surface area (Å²) in [4.78, 5) is 27.8. The molecule has 0 saturated carbocycles. The number of hydrogen-bond acceptors (Lipinski definition) is 4. The number of rotatable bonds is 6. The average Bonchev–Trinajstić information content (AvgIpc) is 2.64. The Bertz CT molecular complexity index is 934. The Labute approximate surface area is 157 Å². The molecule has 27 heavy (non-hydrogen) atoms. The number of carbonyl (C=O) groups is 1. The molecular weight excluding hydrogens is 349 g/mol. The number of nitrogens with one attached hydrogen (secondary N) is 1. The second-order valence-electron chi connectivity index (χ2n) is 7.03. The van der Waals surface area contributed by atoms with Crippen LogP contribution in [0, 0.1) is 5.82 Å². The van der Waals surface area contributed by atoms with Crippen LogP contribution in [0.25, 0.3) is 10.9 Å². The molecule has 0 spiro atoms. The van der Waals surface area contributed by atoms with Crippen LogP contribution in [0.5, 0.6) is 5.75 Å². The molecule has 3 rings (SSSR count). The van der Waals surface area contributed by atoms with E-state index in [1.165, 1.54) is 16.7 Å². The van der Waals surface area contributed by atoms with E-state index in [-0.39, 0.29) is 17.0 Å². The minimum Gasteiger partial charge on any atom is -0.506 e. The number of aryl methyl sites for hydroxylation is 1. The van der Waals surface area contributed by atoms with Crippen LogP contribution in [0.4, 0.5) is 4.39 Å². The number of aromatic hydroxyl groups is 1. The first kappa shape index (κ1) is 19.4. The highest BCUT2D eigenvalue weighted by Gasteiger charge is 2.28. The highest BCUT2D eigenvalue weighted by Crippen LogP contribution is 2.35. The number of nitrogens with zero attached hydrogens (tertiary/aromatic N) is 2. The van der Waals surface area contributed by atoms with Crippen LogP contribution >= 0.6 is 0 Å². The zero-order valence-corrected chi connectivity index (χ0v) is 16.0. The number of hydrogen-bond donors (Lipinski definition) is 2. The van der Waals surface area contributed by atoms with E-state index in [0.717, 1.165) is 13.1 Å². The third-order valence-corrected chi connectivity index (χ3v) is 5.43. The summed E-state index contributed by atoms with van der Waals surface area (Å²) in [7, 11) is 0.